The van der Waals surface area contributed by atoms with Crippen LogP contribution in [0.25, 0.3) is 87.9 Å². The first-order valence-electron chi connectivity index (χ1n) is 15.4. The van der Waals surface area contributed by atoms with Crippen molar-refractivity contribution in [3.63, 3.8) is 0 Å². The van der Waals surface area contributed by atoms with Gasteiger partial charge in [0.15, 0.2) is 5.58 Å². The van der Waals surface area contributed by atoms with Crippen molar-refractivity contribution in [1.82, 2.24) is 8.97 Å². The summed E-state index contributed by atoms with van der Waals surface area (Å²) >= 11 is 0. The molecule has 3 heterocycles. The minimum Gasteiger partial charge on any atom is -0.455 e. The minimum atomic E-state index is 0.849. The van der Waals surface area contributed by atoms with Crippen LogP contribution in [0.2, 0.25) is 0 Å². The molecule has 3 heteroatoms. The average molecular weight is 575 g/mol. The summed E-state index contributed by atoms with van der Waals surface area (Å²) < 4.78 is 11.3. The second-order valence-electron chi connectivity index (χ2n) is 11.8. The number of para-hydroxylation sites is 6. The Morgan fingerprint density at radius 2 is 0.978 bits per heavy atom. The highest BCUT2D eigenvalue weighted by molar-refractivity contribution is 6.20. The molecule has 3 aromatic heterocycles. The van der Waals surface area contributed by atoms with Crippen LogP contribution in [0.1, 0.15) is 0 Å². The van der Waals surface area contributed by atoms with Crippen molar-refractivity contribution in [2.45, 2.75) is 0 Å². The maximum Gasteiger partial charge on any atom is 0.151 e. The lowest BCUT2D eigenvalue weighted by molar-refractivity contribution is 0.661. The Balaban J connectivity index is 1.30. The van der Waals surface area contributed by atoms with Crippen LogP contribution in [0, 0.1) is 0 Å². The lowest BCUT2D eigenvalue weighted by atomic mass is 10.0. The van der Waals surface area contributed by atoms with Crippen LogP contribution in [0.4, 0.5) is 0 Å². The van der Waals surface area contributed by atoms with Gasteiger partial charge >= 0.3 is 0 Å². The first-order chi connectivity index (χ1) is 22.3. The highest BCUT2D eigenvalue weighted by Crippen LogP contribution is 2.39. The molecule has 210 valence electrons. The van der Waals surface area contributed by atoms with E-state index in [9.17, 15) is 0 Å². The molecule has 10 rings (SSSR count). The van der Waals surface area contributed by atoms with E-state index < -0.39 is 0 Å². The normalized spacial score (nSPS) is 12.0. The summed E-state index contributed by atoms with van der Waals surface area (Å²) in [7, 11) is 0. The van der Waals surface area contributed by atoms with Gasteiger partial charge in [0.2, 0.25) is 0 Å². The molecule has 0 unspecified atom stereocenters. The monoisotopic (exact) mass is 574 g/mol. The Labute approximate surface area is 258 Å². The van der Waals surface area contributed by atoms with E-state index in [-0.39, 0.29) is 0 Å². The lowest BCUT2D eigenvalue weighted by Gasteiger charge is -2.09. The molecule has 0 spiro atoms. The molecule has 3 nitrogen and oxygen atoms in total. The number of fused-ring (bicyclic) bond motifs is 10. The van der Waals surface area contributed by atoms with Gasteiger partial charge in [0, 0.05) is 38.0 Å². The second-order valence-corrected chi connectivity index (χ2v) is 11.8. The molecular formula is C42H26N2O. The van der Waals surface area contributed by atoms with Gasteiger partial charge in [0.05, 0.1) is 27.6 Å². The highest BCUT2D eigenvalue weighted by atomic mass is 16.3. The van der Waals surface area contributed by atoms with Crippen LogP contribution in [0.15, 0.2) is 162 Å². The zero-order valence-electron chi connectivity index (χ0n) is 24.3. The number of aromatic nitrogens is 2. The third kappa shape index (κ3) is 3.46. The van der Waals surface area contributed by atoms with Crippen LogP contribution >= 0.6 is 0 Å². The summed E-state index contributed by atoms with van der Waals surface area (Å²) in [5, 5.41) is 7.25. The van der Waals surface area contributed by atoms with Gasteiger partial charge in [-0.15, -0.1) is 0 Å². The van der Waals surface area contributed by atoms with Gasteiger partial charge in [-0.1, -0.05) is 103 Å². The van der Waals surface area contributed by atoms with Crippen LogP contribution in [-0.2, 0) is 0 Å². The van der Waals surface area contributed by atoms with Gasteiger partial charge in [-0.3, -0.25) is 0 Å². The van der Waals surface area contributed by atoms with Gasteiger partial charge in [-0.25, -0.2) is 0 Å². The number of hydrogen-bond acceptors (Lipinski definition) is 1. The van der Waals surface area contributed by atoms with E-state index in [1.54, 1.807) is 0 Å². The third-order valence-corrected chi connectivity index (χ3v) is 9.31. The summed E-state index contributed by atoms with van der Waals surface area (Å²) in [5.41, 5.74) is 11.1. The fraction of sp³-hybridized carbons (Fsp3) is 0. The summed E-state index contributed by atoms with van der Waals surface area (Å²) in [5.74, 6) is 0. The molecule has 0 aliphatic carbocycles. The number of hydrogen-bond donors (Lipinski definition) is 0. The fourth-order valence-corrected chi connectivity index (χ4v) is 7.35. The largest absolute Gasteiger partial charge is 0.455 e. The Bertz CT molecular complexity index is 2810. The molecule has 0 aliphatic heterocycles. The first kappa shape index (κ1) is 24.4. The molecule has 0 saturated heterocycles. The van der Waals surface area contributed by atoms with Crippen molar-refractivity contribution >= 4 is 71.1 Å². The predicted molar refractivity (Wildman–Crippen MR) is 188 cm³/mol. The van der Waals surface area contributed by atoms with E-state index in [2.05, 4.69) is 155 Å². The number of benzene rings is 7. The molecule has 0 N–H and O–H groups in total. The number of rotatable bonds is 2. The first-order valence-corrected chi connectivity index (χ1v) is 15.4. The third-order valence-electron chi connectivity index (χ3n) is 9.31. The quantitative estimate of drug-likeness (QED) is 0.201. The van der Waals surface area contributed by atoms with Crippen molar-refractivity contribution in [2.75, 3.05) is 0 Å². The summed E-state index contributed by atoms with van der Waals surface area (Å²) in [6, 6.07) is 56.5. The molecule has 7 aromatic carbocycles. The predicted octanol–water partition coefficient (Wildman–Crippen LogP) is 11.5. The lowest BCUT2D eigenvalue weighted by Crippen LogP contribution is -1.93. The Morgan fingerprint density at radius 3 is 1.84 bits per heavy atom. The molecule has 0 aliphatic rings. The van der Waals surface area contributed by atoms with E-state index in [4.69, 9.17) is 4.42 Å². The van der Waals surface area contributed by atoms with Gasteiger partial charge in [0.25, 0.3) is 0 Å². The molecule has 0 amide bonds. The summed E-state index contributed by atoms with van der Waals surface area (Å²) in [6.45, 7) is 0. The van der Waals surface area contributed by atoms with E-state index in [0.717, 1.165) is 27.6 Å². The van der Waals surface area contributed by atoms with Crippen molar-refractivity contribution in [3.8, 4) is 16.8 Å². The van der Waals surface area contributed by atoms with Crippen LogP contribution in [-0.4, -0.2) is 8.97 Å². The molecule has 0 radical (unpaired) electrons. The van der Waals surface area contributed by atoms with Gasteiger partial charge in [0.1, 0.15) is 5.58 Å². The SMILES string of the molecule is c1ccc(-n2c3ccccc3c3ccc(-c4ccc5c(c4)c4cccc6c7ccccc7oc7ccccc7n5c64)cc32)cc1. The van der Waals surface area contributed by atoms with Crippen LogP contribution in [0.5, 0.6) is 0 Å². The van der Waals surface area contributed by atoms with E-state index in [1.807, 2.05) is 12.1 Å². The van der Waals surface area contributed by atoms with Crippen molar-refractivity contribution in [1.29, 1.82) is 0 Å². The number of nitrogens with zero attached hydrogens (tertiary/aromatic N) is 2. The second kappa shape index (κ2) is 9.22. The van der Waals surface area contributed by atoms with Crippen LogP contribution in [0.3, 0.4) is 0 Å². The molecule has 0 bridgehead atoms. The standard InChI is InChI=1S/C42H26N2O/c1-2-11-29(12-3-1)43-36-17-6-4-13-30(36)31-23-21-28(26-39(31)43)27-22-24-37-35(25-27)34-16-10-15-33-32-14-5-8-19-40(32)45-41-20-9-7-18-38(41)44(37)42(33)34/h1-26H. The van der Waals surface area contributed by atoms with Crippen molar-refractivity contribution in [3.05, 3.63) is 158 Å². The topological polar surface area (TPSA) is 22.5 Å². The minimum absolute atomic E-state index is 0.849. The molecular weight excluding hydrogens is 548 g/mol. The Morgan fingerprint density at radius 1 is 0.356 bits per heavy atom. The fourth-order valence-electron chi connectivity index (χ4n) is 7.35. The highest BCUT2D eigenvalue weighted by Gasteiger charge is 2.17. The van der Waals surface area contributed by atoms with E-state index in [0.29, 0.717) is 0 Å². The van der Waals surface area contributed by atoms with Crippen LogP contribution < -0.4 is 0 Å². The molecule has 45 heavy (non-hydrogen) atoms. The summed E-state index contributed by atoms with van der Waals surface area (Å²) in [6.07, 6.45) is 0. The maximum atomic E-state index is 6.57. The zero-order chi connectivity index (χ0) is 29.5. The Hall–Kier alpha value is -6.06. The average Bonchev–Trinajstić information content (AvgIpc) is 3.61. The summed E-state index contributed by atoms with van der Waals surface area (Å²) in [4.78, 5) is 0. The van der Waals surface area contributed by atoms with E-state index >= 15 is 0 Å². The smallest absolute Gasteiger partial charge is 0.151 e. The van der Waals surface area contributed by atoms with Gasteiger partial charge in [-0.05, 0) is 65.7 Å². The van der Waals surface area contributed by atoms with Crippen molar-refractivity contribution < 1.29 is 4.42 Å². The Kier molecular flexibility index (Phi) is 5.00. The molecule has 10 aromatic rings. The van der Waals surface area contributed by atoms with Gasteiger partial charge in [-0.2, -0.15) is 0 Å². The zero-order valence-corrected chi connectivity index (χ0v) is 24.3. The molecule has 0 fully saturated rings. The van der Waals surface area contributed by atoms with Gasteiger partial charge < -0.3 is 13.4 Å². The van der Waals surface area contributed by atoms with Crippen molar-refractivity contribution in [2.24, 2.45) is 0 Å². The molecule has 0 saturated carbocycles. The molecule has 0 atom stereocenters. The maximum absolute atomic E-state index is 6.57. The van der Waals surface area contributed by atoms with E-state index in [1.165, 1.54) is 60.3 Å².